The van der Waals surface area contributed by atoms with E-state index in [4.69, 9.17) is 21.1 Å². The Bertz CT molecular complexity index is 951. The number of halogens is 2. The number of thioether (sulfide) groups is 1. The van der Waals surface area contributed by atoms with Crippen LogP contribution in [0.4, 0.5) is 4.39 Å². The van der Waals surface area contributed by atoms with Crippen molar-refractivity contribution in [1.29, 1.82) is 0 Å². The smallest absolute Gasteiger partial charge is 0.344 e. The van der Waals surface area contributed by atoms with Crippen LogP contribution in [0, 0.1) is 5.82 Å². The van der Waals surface area contributed by atoms with Crippen molar-refractivity contribution in [3.8, 4) is 5.75 Å². The van der Waals surface area contributed by atoms with Gasteiger partial charge in [-0.05, 0) is 36.6 Å². The number of nitrogens with zero attached hydrogens (tertiary/aromatic N) is 1. The van der Waals surface area contributed by atoms with Gasteiger partial charge < -0.3 is 9.47 Å². The minimum atomic E-state index is -0.623. The molecule has 26 heavy (non-hydrogen) atoms. The number of ether oxygens (including phenoxy) is 2. The molecule has 0 spiro atoms. The molecule has 0 N–H and O–H groups in total. The molecular formula is C19H15ClFNO3S. The lowest BCUT2D eigenvalue weighted by Gasteiger charge is -2.09. The van der Waals surface area contributed by atoms with Crippen LogP contribution in [0.1, 0.15) is 5.56 Å². The van der Waals surface area contributed by atoms with Gasteiger partial charge in [-0.15, -0.1) is 11.8 Å². The second kappa shape index (κ2) is 8.38. The predicted molar refractivity (Wildman–Crippen MR) is 100 cm³/mol. The first-order valence-corrected chi connectivity index (χ1v) is 9.33. The molecule has 3 rings (SSSR count). The van der Waals surface area contributed by atoms with E-state index in [2.05, 4.69) is 4.98 Å². The lowest BCUT2D eigenvalue weighted by atomic mass is 10.2. The molecule has 1 aromatic heterocycles. The van der Waals surface area contributed by atoms with E-state index in [1.54, 1.807) is 17.8 Å². The van der Waals surface area contributed by atoms with Crippen molar-refractivity contribution in [3.05, 3.63) is 65.1 Å². The van der Waals surface area contributed by atoms with Crippen LogP contribution < -0.4 is 4.74 Å². The van der Waals surface area contributed by atoms with Crippen molar-refractivity contribution in [2.45, 2.75) is 11.5 Å². The summed E-state index contributed by atoms with van der Waals surface area (Å²) in [6.45, 7) is -0.428. The Labute approximate surface area is 159 Å². The van der Waals surface area contributed by atoms with Gasteiger partial charge in [0.2, 0.25) is 0 Å². The molecular weight excluding hydrogens is 377 g/mol. The fraction of sp³-hybridized carbons (Fsp3) is 0.158. The van der Waals surface area contributed by atoms with Crippen molar-refractivity contribution in [3.63, 3.8) is 0 Å². The van der Waals surface area contributed by atoms with Crippen LogP contribution in [0.5, 0.6) is 5.75 Å². The van der Waals surface area contributed by atoms with Gasteiger partial charge in [0.1, 0.15) is 11.8 Å². The number of aromatic nitrogens is 1. The number of carbonyl (C=O) groups is 1. The first kappa shape index (κ1) is 18.5. The molecule has 7 heteroatoms. The van der Waals surface area contributed by atoms with Crippen LogP contribution in [0.3, 0.4) is 0 Å². The largest absolute Gasteiger partial charge is 0.479 e. The van der Waals surface area contributed by atoms with E-state index < -0.39 is 18.4 Å². The molecule has 0 saturated heterocycles. The van der Waals surface area contributed by atoms with Gasteiger partial charge in [0.15, 0.2) is 18.2 Å². The zero-order valence-corrected chi connectivity index (χ0v) is 15.4. The van der Waals surface area contributed by atoms with Gasteiger partial charge >= 0.3 is 5.97 Å². The summed E-state index contributed by atoms with van der Waals surface area (Å²) in [7, 11) is 0. The second-order valence-corrected chi connectivity index (χ2v) is 6.61. The second-order valence-electron chi connectivity index (χ2n) is 5.38. The molecule has 2 aromatic carbocycles. The number of para-hydroxylation sites is 1. The van der Waals surface area contributed by atoms with Gasteiger partial charge in [0.25, 0.3) is 0 Å². The molecule has 0 radical (unpaired) electrons. The van der Waals surface area contributed by atoms with Gasteiger partial charge in [0, 0.05) is 15.8 Å². The van der Waals surface area contributed by atoms with Crippen LogP contribution in [-0.2, 0) is 16.1 Å². The topological polar surface area (TPSA) is 48.4 Å². The zero-order chi connectivity index (χ0) is 18.5. The number of fused-ring (bicyclic) bond motifs is 1. The molecule has 0 aliphatic rings. The average Bonchev–Trinajstić information content (AvgIpc) is 2.65. The average molecular weight is 392 g/mol. The maximum Gasteiger partial charge on any atom is 0.344 e. The normalized spacial score (nSPS) is 10.7. The lowest BCUT2D eigenvalue weighted by Crippen LogP contribution is -2.15. The van der Waals surface area contributed by atoms with Gasteiger partial charge in [-0.1, -0.05) is 29.8 Å². The number of benzene rings is 2. The van der Waals surface area contributed by atoms with Gasteiger partial charge in [0.05, 0.1) is 5.52 Å². The summed E-state index contributed by atoms with van der Waals surface area (Å²) in [5.41, 5.74) is 1.37. The third kappa shape index (κ3) is 4.45. The monoisotopic (exact) mass is 391 g/mol. The van der Waals surface area contributed by atoms with Crippen molar-refractivity contribution in [1.82, 2.24) is 4.98 Å². The van der Waals surface area contributed by atoms with E-state index in [-0.39, 0.29) is 17.5 Å². The Morgan fingerprint density at radius 3 is 2.81 bits per heavy atom. The van der Waals surface area contributed by atoms with Crippen LogP contribution in [-0.4, -0.2) is 23.8 Å². The molecule has 0 bridgehead atoms. The van der Waals surface area contributed by atoms with Crippen molar-refractivity contribution in [2.24, 2.45) is 0 Å². The van der Waals surface area contributed by atoms with Crippen LogP contribution >= 0.6 is 23.4 Å². The maximum atomic E-state index is 13.4. The highest BCUT2D eigenvalue weighted by atomic mass is 35.5. The summed E-state index contributed by atoms with van der Waals surface area (Å²) in [6.07, 6.45) is 1.99. The Balaban J connectivity index is 1.62. The lowest BCUT2D eigenvalue weighted by molar-refractivity contribution is -0.147. The summed E-state index contributed by atoms with van der Waals surface area (Å²) >= 11 is 7.81. The minimum Gasteiger partial charge on any atom is -0.479 e. The summed E-state index contributed by atoms with van der Waals surface area (Å²) < 4.78 is 23.7. The minimum absolute atomic E-state index is 0.000507. The van der Waals surface area contributed by atoms with E-state index in [0.717, 1.165) is 15.8 Å². The summed E-state index contributed by atoms with van der Waals surface area (Å²) in [6, 6.07) is 13.6. The van der Waals surface area contributed by atoms with Crippen molar-refractivity contribution >= 4 is 40.2 Å². The highest BCUT2D eigenvalue weighted by molar-refractivity contribution is 7.98. The van der Waals surface area contributed by atoms with Crippen LogP contribution in [0.25, 0.3) is 10.9 Å². The summed E-state index contributed by atoms with van der Waals surface area (Å²) in [5.74, 6) is -1.16. The predicted octanol–water partition coefficient (Wildman–Crippen LogP) is 4.87. The van der Waals surface area contributed by atoms with E-state index in [0.29, 0.717) is 5.56 Å². The number of hydrogen-bond donors (Lipinski definition) is 0. The van der Waals surface area contributed by atoms with E-state index in [9.17, 15) is 9.18 Å². The quantitative estimate of drug-likeness (QED) is 0.341. The molecule has 0 unspecified atom stereocenters. The van der Waals surface area contributed by atoms with E-state index in [1.165, 1.54) is 18.2 Å². The van der Waals surface area contributed by atoms with Crippen molar-refractivity contribution < 1.29 is 18.7 Å². The number of rotatable bonds is 6. The van der Waals surface area contributed by atoms with Crippen LogP contribution in [0.15, 0.2) is 53.4 Å². The number of hydrogen-bond acceptors (Lipinski definition) is 5. The molecule has 1 heterocycles. The first-order chi connectivity index (χ1) is 12.6. The molecule has 0 atom stereocenters. The molecule has 4 nitrogen and oxygen atoms in total. The van der Waals surface area contributed by atoms with E-state index >= 15 is 0 Å². The van der Waals surface area contributed by atoms with E-state index in [1.807, 2.05) is 30.5 Å². The molecule has 0 aliphatic carbocycles. The number of carbonyl (C=O) groups excluding carboxylic acids is 1. The Morgan fingerprint density at radius 1 is 1.23 bits per heavy atom. The fourth-order valence-corrected chi connectivity index (χ4v) is 2.93. The summed E-state index contributed by atoms with van der Waals surface area (Å²) in [5, 5.41) is 1.18. The fourth-order valence-electron chi connectivity index (χ4n) is 2.29. The maximum absolute atomic E-state index is 13.4. The standard InChI is InChI=1S/C19H15ClFNO3S/c1-26-14-7-6-12-8-13(19(20)22-16(12)9-14)10-25-18(23)11-24-17-5-3-2-4-15(17)21/h2-9H,10-11H2,1H3. The Kier molecular flexibility index (Phi) is 5.96. The summed E-state index contributed by atoms with van der Waals surface area (Å²) in [4.78, 5) is 17.3. The van der Waals surface area contributed by atoms with Gasteiger partial charge in [-0.2, -0.15) is 0 Å². The molecule has 3 aromatic rings. The highest BCUT2D eigenvalue weighted by Gasteiger charge is 2.11. The Hall–Kier alpha value is -2.31. The zero-order valence-electron chi connectivity index (χ0n) is 13.9. The SMILES string of the molecule is CSc1ccc2cc(COC(=O)COc3ccccc3F)c(Cl)nc2c1. The van der Waals surface area contributed by atoms with Crippen molar-refractivity contribution in [2.75, 3.05) is 12.9 Å². The number of esters is 1. The molecule has 134 valence electrons. The third-order valence-electron chi connectivity index (χ3n) is 3.62. The molecule has 0 saturated carbocycles. The molecule has 0 fully saturated rings. The van der Waals surface area contributed by atoms with Gasteiger partial charge in [-0.25, -0.2) is 14.2 Å². The number of pyridine rings is 1. The highest BCUT2D eigenvalue weighted by Crippen LogP contribution is 2.25. The third-order valence-corrected chi connectivity index (χ3v) is 4.67. The first-order valence-electron chi connectivity index (χ1n) is 7.73. The molecule has 0 amide bonds. The van der Waals surface area contributed by atoms with Gasteiger partial charge in [-0.3, -0.25) is 0 Å². The van der Waals surface area contributed by atoms with Crippen LogP contribution in [0.2, 0.25) is 5.15 Å². The molecule has 0 aliphatic heterocycles. The Morgan fingerprint density at radius 2 is 2.04 bits per heavy atom.